The van der Waals surface area contributed by atoms with E-state index in [0.29, 0.717) is 5.56 Å². The SMILES string of the molecule is C=CCN1C(=O)c2ccc(C(=O)OCC(=O)c3ccc4c(c3)CCCC4)cc2C1=O. The number of hydrogen-bond acceptors (Lipinski definition) is 5. The van der Waals surface area contributed by atoms with Crippen molar-refractivity contribution in [3.05, 3.63) is 82.4 Å². The van der Waals surface area contributed by atoms with Crippen LogP contribution in [0.25, 0.3) is 0 Å². The van der Waals surface area contributed by atoms with Gasteiger partial charge in [-0.3, -0.25) is 19.3 Å². The van der Waals surface area contributed by atoms with Crippen LogP contribution in [-0.2, 0) is 17.6 Å². The number of esters is 1. The van der Waals surface area contributed by atoms with E-state index >= 15 is 0 Å². The molecular formula is C24H21NO5. The van der Waals surface area contributed by atoms with Crippen LogP contribution in [0.15, 0.2) is 49.1 Å². The van der Waals surface area contributed by atoms with E-state index in [2.05, 4.69) is 6.58 Å². The molecule has 0 saturated carbocycles. The zero-order chi connectivity index (χ0) is 21.3. The van der Waals surface area contributed by atoms with Crippen LogP contribution in [-0.4, -0.2) is 41.6 Å². The molecule has 0 atom stereocenters. The first-order valence-corrected chi connectivity index (χ1v) is 9.93. The second-order valence-electron chi connectivity index (χ2n) is 7.46. The van der Waals surface area contributed by atoms with Crippen LogP contribution in [0.1, 0.15) is 65.4 Å². The molecule has 1 aliphatic carbocycles. The molecule has 2 amide bonds. The molecule has 4 rings (SSSR count). The Morgan fingerprint density at radius 3 is 2.40 bits per heavy atom. The van der Waals surface area contributed by atoms with Crippen LogP contribution in [0.2, 0.25) is 0 Å². The number of fused-ring (bicyclic) bond motifs is 2. The van der Waals surface area contributed by atoms with Crippen LogP contribution < -0.4 is 0 Å². The Labute approximate surface area is 174 Å². The number of rotatable bonds is 6. The lowest BCUT2D eigenvalue weighted by Crippen LogP contribution is -2.29. The highest BCUT2D eigenvalue weighted by Crippen LogP contribution is 2.25. The Bertz CT molecular complexity index is 1080. The molecule has 0 spiro atoms. The van der Waals surface area contributed by atoms with E-state index in [4.69, 9.17) is 4.74 Å². The van der Waals surface area contributed by atoms with Crippen molar-refractivity contribution in [2.45, 2.75) is 25.7 Å². The summed E-state index contributed by atoms with van der Waals surface area (Å²) >= 11 is 0. The van der Waals surface area contributed by atoms with Gasteiger partial charge in [0.2, 0.25) is 0 Å². The van der Waals surface area contributed by atoms with E-state index in [0.717, 1.165) is 30.6 Å². The number of amides is 2. The number of carbonyl (C=O) groups excluding carboxylic acids is 4. The lowest BCUT2D eigenvalue weighted by Gasteiger charge is -2.16. The van der Waals surface area contributed by atoms with Crippen molar-refractivity contribution < 1.29 is 23.9 Å². The number of hydrogen-bond donors (Lipinski definition) is 0. The fraction of sp³-hybridized carbons (Fsp3) is 0.250. The van der Waals surface area contributed by atoms with Crippen molar-refractivity contribution in [2.24, 2.45) is 0 Å². The number of benzene rings is 2. The minimum absolute atomic E-state index is 0.0986. The Balaban J connectivity index is 1.44. The summed E-state index contributed by atoms with van der Waals surface area (Å²) in [6.07, 6.45) is 5.73. The van der Waals surface area contributed by atoms with Crippen molar-refractivity contribution in [2.75, 3.05) is 13.2 Å². The maximum absolute atomic E-state index is 12.5. The third kappa shape index (κ3) is 3.56. The predicted octanol–water partition coefficient (Wildman–Crippen LogP) is 3.39. The molecule has 0 radical (unpaired) electrons. The number of nitrogens with zero attached hydrogens (tertiary/aromatic N) is 1. The molecule has 30 heavy (non-hydrogen) atoms. The largest absolute Gasteiger partial charge is 0.454 e. The summed E-state index contributed by atoms with van der Waals surface area (Å²) in [5.74, 6) is -1.89. The van der Waals surface area contributed by atoms with Crippen LogP contribution in [0, 0.1) is 0 Å². The summed E-state index contributed by atoms with van der Waals surface area (Å²) in [5.41, 5.74) is 3.50. The van der Waals surface area contributed by atoms with Gasteiger partial charge in [-0.05, 0) is 61.1 Å². The molecule has 2 aromatic rings. The molecule has 6 nitrogen and oxygen atoms in total. The standard InChI is InChI=1S/C24H21NO5/c1-2-11-25-22(27)19-10-9-18(13-20(19)23(25)28)24(29)30-14-21(26)17-8-7-15-5-3-4-6-16(15)12-17/h2,7-10,12-13H,1,3-6,11,14H2. The van der Waals surface area contributed by atoms with E-state index in [1.54, 1.807) is 6.07 Å². The molecule has 0 bridgehead atoms. The summed E-state index contributed by atoms with van der Waals surface area (Å²) in [7, 11) is 0. The van der Waals surface area contributed by atoms with Gasteiger partial charge in [0.25, 0.3) is 11.8 Å². The van der Waals surface area contributed by atoms with Gasteiger partial charge in [-0.25, -0.2) is 4.79 Å². The van der Waals surface area contributed by atoms with Gasteiger partial charge in [0.15, 0.2) is 12.4 Å². The molecule has 1 heterocycles. The van der Waals surface area contributed by atoms with Gasteiger partial charge in [-0.2, -0.15) is 0 Å². The van der Waals surface area contributed by atoms with Gasteiger partial charge in [0.1, 0.15) is 0 Å². The van der Waals surface area contributed by atoms with Crippen LogP contribution in [0.4, 0.5) is 0 Å². The quantitative estimate of drug-likeness (QED) is 0.320. The monoisotopic (exact) mass is 403 g/mol. The van der Waals surface area contributed by atoms with Gasteiger partial charge < -0.3 is 4.74 Å². The maximum atomic E-state index is 12.5. The number of ketones is 1. The zero-order valence-corrected chi connectivity index (χ0v) is 16.5. The predicted molar refractivity (Wildman–Crippen MR) is 110 cm³/mol. The number of ether oxygens (including phenoxy) is 1. The van der Waals surface area contributed by atoms with Crippen LogP contribution in [0.5, 0.6) is 0 Å². The third-order valence-corrected chi connectivity index (χ3v) is 5.52. The molecule has 2 aromatic carbocycles. The average molecular weight is 403 g/mol. The minimum Gasteiger partial charge on any atom is -0.454 e. The molecule has 0 fully saturated rings. The second kappa shape index (κ2) is 8.06. The highest BCUT2D eigenvalue weighted by atomic mass is 16.5. The highest BCUT2D eigenvalue weighted by Gasteiger charge is 2.35. The minimum atomic E-state index is -0.716. The van der Waals surface area contributed by atoms with Crippen molar-refractivity contribution >= 4 is 23.6 Å². The van der Waals surface area contributed by atoms with E-state index in [1.807, 2.05) is 12.1 Å². The summed E-state index contributed by atoms with van der Waals surface area (Å²) in [6, 6.07) is 9.83. The van der Waals surface area contributed by atoms with Gasteiger partial charge in [0.05, 0.1) is 16.7 Å². The van der Waals surface area contributed by atoms with Crippen molar-refractivity contribution in [1.82, 2.24) is 4.90 Å². The lowest BCUT2D eigenvalue weighted by atomic mass is 9.90. The molecular weight excluding hydrogens is 382 g/mol. The highest BCUT2D eigenvalue weighted by molar-refractivity contribution is 6.22. The van der Waals surface area contributed by atoms with E-state index in [-0.39, 0.29) is 35.6 Å². The number of aryl methyl sites for hydroxylation is 2. The first-order chi connectivity index (χ1) is 14.5. The fourth-order valence-electron chi connectivity index (χ4n) is 3.92. The average Bonchev–Trinajstić information content (AvgIpc) is 3.01. The maximum Gasteiger partial charge on any atom is 0.338 e. The topological polar surface area (TPSA) is 80.8 Å². The smallest absolute Gasteiger partial charge is 0.338 e. The summed E-state index contributed by atoms with van der Waals surface area (Å²) in [6.45, 7) is 3.25. The first-order valence-electron chi connectivity index (χ1n) is 9.93. The molecule has 0 aromatic heterocycles. The molecule has 0 N–H and O–H groups in total. The molecule has 0 unspecified atom stereocenters. The van der Waals surface area contributed by atoms with Crippen LogP contribution >= 0.6 is 0 Å². The van der Waals surface area contributed by atoms with Crippen molar-refractivity contribution in [1.29, 1.82) is 0 Å². The molecule has 6 heteroatoms. The normalized spacial score (nSPS) is 14.9. The van der Waals surface area contributed by atoms with Gasteiger partial charge >= 0.3 is 5.97 Å². The Morgan fingerprint density at radius 1 is 0.933 bits per heavy atom. The summed E-state index contributed by atoms with van der Waals surface area (Å²) in [4.78, 5) is 50.6. The van der Waals surface area contributed by atoms with E-state index < -0.39 is 17.8 Å². The Hall–Kier alpha value is -3.54. The lowest BCUT2D eigenvalue weighted by molar-refractivity contribution is 0.0474. The second-order valence-corrected chi connectivity index (χ2v) is 7.46. The fourth-order valence-corrected chi connectivity index (χ4v) is 3.92. The third-order valence-electron chi connectivity index (χ3n) is 5.52. The first kappa shape index (κ1) is 19.8. The van der Waals surface area contributed by atoms with Gasteiger partial charge in [-0.1, -0.05) is 18.2 Å². The van der Waals surface area contributed by atoms with Crippen molar-refractivity contribution in [3.8, 4) is 0 Å². The zero-order valence-electron chi connectivity index (χ0n) is 16.5. The van der Waals surface area contributed by atoms with E-state index in [9.17, 15) is 19.2 Å². The number of carbonyl (C=O) groups is 4. The number of Topliss-reactive ketones (excluding diaryl/α,β-unsaturated/α-hetero) is 1. The van der Waals surface area contributed by atoms with Gasteiger partial charge in [-0.15, -0.1) is 6.58 Å². The molecule has 1 aliphatic heterocycles. The Morgan fingerprint density at radius 2 is 1.63 bits per heavy atom. The summed E-state index contributed by atoms with van der Waals surface area (Å²) < 4.78 is 5.17. The molecule has 2 aliphatic rings. The molecule has 0 saturated heterocycles. The van der Waals surface area contributed by atoms with Crippen LogP contribution in [0.3, 0.4) is 0 Å². The van der Waals surface area contributed by atoms with Gasteiger partial charge in [0, 0.05) is 12.1 Å². The molecule has 152 valence electrons. The van der Waals surface area contributed by atoms with Crippen molar-refractivity contribution in [3.63, 3.8) is 0 Å². The Kier molecular flexibility index (Phi) is 5.31. The summed E-state index contributed by atoms with van der Waals surface area (Å²) in [5, 5.41) is 0. The number of imide groups is 1. The van der Waals surface area contributed by atoms with E-state index in [1.165, 1.54) is 35.4 Å².